The van der Waals surface area contributed by atoms with Gasteiger partial charge in [-0.3, -0.25) is 9.69 Å². The summed E-state index contributed by atoms with van der Waals surface area (Å²) in [5.74, 6) is -1.47. The van der Waals surface area contributed by atoms with E-state index in [1.165, 1.54) is 25.2 Å². The van der Waals surface area contributed by atoms with Crippen LogP contribution in [0.3, 0.4) is 0 Å². The molecule has 1 aliphatic rings. The van der Waals surface area contributed by atoms with Gasteiger partial charge in [0.15, 0.2) is 0 Å². The number of nitrogens with zero attached hydrogens (tertiary/aromatic N) is 3. The molecule has 0 saturated carbocycles. The maximum atomic E-state index is 13.7. The Morgan fingerprint density at radius 2 is 2.00 bits per heavy atom. The zero-order valence-corrected chi connectivity index (χ0v) is 10.7. The van der Waals surface area contributed by atoms with Crippen LogP contribution in [0.4, 0.5) is 14.9 Å². The van der Waals surface area contributed by atoms with Crippen LogP contribution in [0.5, 0.6) is 0 Å². The number of amidine groups is 1. The topological polar surface area (TPSA) is 53.0 Å². The first kappa shape index (κ1) is 12.8. The standard InChI is InChI=1S/C10H7ClFN3O2S/c1-14-9(16)8(13-18-11)15(10(14)17)7-5-3-2-4-6(7)12/h2-5H,1H3. The second kappa shape index (κ2) is 4.95. The molecule has 1 aliphatic heterocycles. The second-order valence-electron chi connectivity index (χ2n) is 3.42. The van der Waals surface area contributed by atoms with Crippen LogP contribution in [0.2, 0.25) is 0 Å². The summed E-state index contributed by atoms with van der Waals surface area (Å²) >= 11 is 0.507. The predicted octanol–water partition coefficient (Wildman–Crippen LogP) is 2.42. The van der Waals surface area contributed by atoms with Gasteiger partial charge in [-0.1, -0.05) is 12.1 Å². The van der Waals surface area contributed by atoms with Crippen molar-refractivity contribution in [2.75, 3.05) is 11.9 Å². The average molecular weight is 288 g/mol. The molecule has 1 aromatic carbocycles. The third-order valence-corrected chi connectivity index (χ3v) is 2.85. The molecule has 2 rings (SSSR count). The molecule has 5 nitrogen and oxygen atoms in total. The molecule has 0 radical (unpaired) electrons. The summed E-state index contributed by atoms with van der Waals surface area (Å²) in [7, 11) is 6.65. The molecule has 8 heteroatoms. The van der Waals surface area contributed by atoms with E-state index in [4.69, 9.17) is 10.7 Å². The first-order valence-corrected chi connectivity index (χ1v) is 6.40. The molecule has 1 fully saturated rings. The van der Waals surface area contributed by atoms with Crippen molar-refractivity contribution in [3.05, 3.63) is 30.1 Å². The van der Waals surface area contributed by atoms with Crippen molar-refractivity contribution in [1.82, 2.24) is 4.90 Å². The van der Waals surface area contributed by atoms with E-state index in [0.717, 1.165) is 9.80 Å². The van der Waals surface area contributed by atoms with Gasteiger partial charge in [0.05, 0.1) is 16.8 Å². The molecule has 0 unspecified atom stereocenters. The normalized spacial score (nSPS) is 18.1. The number of anilines is 1. The van der Waals surface area contributed by atoms with Crippen LogP contribution in [0.25, 0.3) is 0 Å². The summed E-state index contributed by atoms with van der Waals surface area (Å²) in [4.78, 5) is 25.4. The fourth-order valence-electron chi connectivity index (χ4n) is 1.54. The lowest BCUT2D eigenvalue weighted by molar-refractivity contribution is -0.119. The molecule has 0 aromatic heterocycles. The molecular formula is C10H7ClFN3O2S. The number of amides is 3. The minimum atomic E-state index is -0.672. The fraction of sp³-hybridized carbons (Fsp3) is 0.100. The van der Waals surface area contributed by atoms with Crippen molar-refractivity contribution in [2.24, 2.45) is 4.40 Å². The van der Waals surface area contributed by atoms with E-state index in [1.54, 1.807) is 6.07 Å². The molecule has 1 saturated heterocycles. The first-order valence-electron chi connectivity index (χ1n) is 4.80. The molecule has 3 amide bonds. The number of urea groups is 1. The third kappa shape index (κ3) is 1.95. The molecule has 0 N–H and O–H groups in total. The van der Waals surface area contributed by atoms with E-state index < -0.39 is 17.8 Å². The summed E-state index contributed by atoms with van der Waals surface area (Å²) in [5.41, 5.74) is -0.0373. The highest BCUT2D eigenvalue weighted by atomic mass is 35.7. The third-order valence-electron chi connectivity index (χ3n) is 2.40. The zero-order valence-electron chi connectivity index (χ0n) is 9.13. The quantitative estimate of drug-likeness (QED) is 0.620. The molecule has 0 aliphatic carbocycles. The largest absolute Gasteiger partial charge is 0.337 e. The van der Waals surface area contributed by atoms with Gasteiger partial charge in [0.25, 0.3) is 5.91 Å². The van der Waals surface area contributed by atoms with Gasteiger partial charge >= 0.3 is 6.03 Å². The molecule has 1 aromatic rings. The Labute approximate surface area is 111 Å². The van der Waals surface area contributed by atoms with Crippen LogP contribution in [0, 0.1) is 5.82 Å². The van der Waals surface area contributed by atoms with E-state index in [-0.39, 0.29) is 11.5 Å². The number of hydrogen-bond acceptors (Lipinski definition) is 4. The number of likely N-dealkylation sites (N-methyl/N-ethyl adjacent to an activating group) is 1. The highest BCUT2D eigenvalue weighted by Gasteiger charge is 2.42. The molecule has 94 valence electrons. The van der Waals surface area contributed by atoms with Crippen molar-refractivity contribution in [3.8, 4) is 0 Å². The molecule has 1 heterocycles. The van der Waals surface area contributed by atoms with Gasteiger partial charge in [-0.15, -0.1) is 0 Å². The van der Waals surface area contributed by atoms with E-state index in [9.17, 15) is 14.0 Å². The molecular weight excluding hydrogens is 281 g/mol. The fourth-order valence-corrected chi connectivity index (χ4v) is 1.96. The molecule has 18 heavy (non-hydrogen) atoms. The monoisotopic (exact) mass is 287 g/mol. The van der Waals surface area contributed by atoms with Gasteiger partial charge < -0.3 is 0 Å². The predicted molar refractivity (Wildman–Crippen MR) is 67.9 cm³/mol. The first-order chi connectivity index (χ1) is 8.57. The van der Waals surface area contributed by atoms with Crippen LogP contribution >= 0.6 is 21.8 Å². The highest BCUT2D eigenvalue weighted by molar-refractivity contribution is 8.20. The number of carbonyl (C=O) groups is 2. The van der Waals surface area contributed by atoms with Crippen LogP contribution in [-0.4, -0.2) is 29.7 Å². The Balaban J connectivity index is 2.54. The molecule has 0 bridgehead atoms. The van der Waals surface area contributed by atoms with Gasteiger partial charge in [-0.2, -0.15) is 4.40 Å². The zero-order chi connectivity index (χ0) is 13.3. The maximum Gasteiger partial charge on any atom is 0.337 e. The summed E-state index contributed by atoms with van der Waals surface area (Å²) < 4.78 is 17.3. The Hall–Kier alpha value is -1.60. The summed E-state index contributed by atoms with van der Waals surface area (Å²) in [6.07, 6.45) is 0. The van der Waals surface area contributed by atoms with Gasteiger partial charge in [-0.25, -0.2) is 14.1 Å². The number of imide groups is 1. The summed E-state index contributed by atoms with van der Waals surface area (Å²) in [5, 5.41) is 0. The van der Waals surface area contributed by atoms with Crippen LogP contribution in [0.1, 0.15) is 0 Å². The number of para-hydroxylation sites is 1. The summed E-state index contributed by atoms with van der Waals surface area (Å²) in [6.45, 7) is 0. The molecule has 0 atom stereocenters. The lowest BCUT2D eigenvalue weighted by Gasteiger charge is -2.15. The van der Waals surface area contributed by atoms with Crippen molar-refractivity contribution in [1.29, 1.82) is 0 Å². The van der Waals surface area contributed by atoms with E-state index in [2.05, 4.69) is 4.40 Å². The van der Waals surface area contributed by atoms with E-state index in [1.807, 2.05) is 0 Å². The number of hydrogen-bond donors (Lipinski definition) is 0. The van der Waals surface area contributed by atoms with Gasteiger partial charge in [0, 0.05) is 7.05 Å². The Morgan fingerprint density at radius 3 is 2.61 bits per heavy atom. The van der Waals surface area contributed by atoms with Crippen molar-refractivity contribution < 1.29 is 14.0 Å². The van der Waals surface area contributed by atoms with Gasteiger partial charge in [0.1, 0.15) is 5.82 Å². The summed E-state index contributed by atoms with van der Waals surface area (Å²) in [6, 6.07) is 4.94. The van der Waals surface area contributed by atoms with Crippen molar-refractivity contribution >= 4 is 45.3 Å². The van der Waals surface area contributed by atoms with Crippen LogP contribution in [-0.2, 0) is 4.79 Å². The Bertz CT molecular complexity index is 552. The van der Waals surface area contributed by atoms with Crippen molar-refractivity contribution in [3.63, 3.8) is 0 Å². The second-order valence-corrected chi connectivity index (χ2v) is 4.15. The maximum absolute atomic E-state index is 13.7. The van der Waals surface area contributed by atoms with Gasteiger partial charge in [-0.05, 0) is 22.8 Å². The van der Waals surface area contributed by atoms with Crippen LogP contribution < -0.4 is 4.90 Å². The van der Waals surface area contributed by atoms with Crippen LogP contribution in [0.15, 0.2) is 28.7 Å². The van der Waals surface area contributed by atoms with E-state index in [0.29, 0.717) is 11.2 Å². The number of carbonyl (C=O) groups excluding carboxylic acids is 2. The smallest absolute Gasteiger partial charge is 0.265 e. The number of benzene rings is 1. The van der Waals surface area contributed by atoms with Crippen molar-refractivity contribution in [2.45, 2.75) is 0 Å². The highest BCUT2D eigenvalue weighted by Crippen LogP contribution is 2.26. The molecule has 0 spiro atoms. The lowest BCUT2D eigenvalue weighted by atomic mass is 10.3. The number of rotatable bonds is 2. The number of halogens is 2. The minimum absolute atomic E-state index is 0.0373. The Morgan fingerprint density at radius 1 is 1.33 bits per heavy atom. The van der Waals surface area contributed by atoms with E-state index >= 15 is 0 Å². The minimum Gasteiger partial charge on any atom is -0.265 e. The SMILES string of the molecule is CN1C(=O)C(=NSCl)N(c2ccccc2F)C1=O. The lowest BCUT2D eigenvalue weighted by Crippen LogP contribution is -2.32. The Kier molecular flexibility index (Phi) is 3.53. The van der Waals surface area contributed by atoms with Gasteiger partial charge in [0.2, 0.25) is 5.84 Å². The average Bonchev–Trinajstić information content (AvgIpc) is 2.56.